The van der Waals surface area contributed by atoms with Crippen LogP contribution >= 0.6 is 0 Å². The van der Waals surface area contributed by atoms with E-state index < -0.39 is 0 Å². The Bertz CT molecular complexity index is 1450. The lowest BCUT2D eigenvalue weighted by molar-refractivity contribution is 0.224. The number of methoxy groups -OCH3 is 2. The Balaban J connectivity index is 1.64. The predicted octanol–water partition coefficient (Wildman–Crippen LogP) is 7.28. The number of ether oxygens (including phenoxy) is 3. The normalized spacial score (nSPS) is 17.0. The monoisotopic (exact) mass is 432 g/mol. The number of rotatable bonds is 4. The largest absolute Gasteiger partial charge is 0.497 e. The maximum atomic E-state index is 6.84. The fraction of sp³-hybridized carbons (Fsp3) is 0.133. The van der Waals surface area contributed by atoms with Gasteiger partial charge in [-0.05, 0) is 51.6 Å². The molecule has 0 radical (unpaired) electrons. The Morgan fingerprint density at radius 1 is 0.545 bits per heavy atom. The highest BCUT2D eigenvalue weighted by Gasteiger charge is 2.39. The third-order valence-corrected chi connectivity index (χ3v) is 6.70. The zero-order valence-corrected chi connectivity index (χ0v) is 18.6. The van der Waals surface area contributed by atoms with Gasteiger partial charge in [0, 0.05) is 10.9 Å². The predicted molar refractivity (Wildman–Crippen MR) is 133 cm³/mol. The average Bonchev–Trinajstić information content (AvgIpc) is 3.30. The van der Waals surface area contributed by atoms with E-state index in [-0.39, 0.29) is 12.0 Å². The van der Waals surface area contributed by atoms with Gasteiger partial charge in [-0.2, -0.15) is 0 Å². The minimum Gasteiger partial charge on any atom is -0.497 e. The summed E-state index contributed by atoms with van der Waals surface area (Å²) in [6, 6.07) is 33.8. The summed E-state index contributed by atoms with van der Waals surface area (Å²) in [6.07, 6.45) is -0.145. The molecular weight excluding hydrogens is 408 g/mol. The molecule has 3 nitrogen and oxygen atoms in total. The van der Waals surface area contributed by atoms with Gasteiger partial charge in [0.05, 0.1) is 20.1 Å². The summed E-state index contributed by atoms with van der Waals surface area (Å²) >= 11 is 0. The van der Waals surface area contributed by atoms with Crippen LogP contribution in [0.5, 0.6) is 17.2 Å². The number of hydrogen-bond acceptors (Lipinski definition) is 3. The van der Waals surface area contributed by atoms with Crippen LogP contribution in [-0.4, -0.2) is 14.2 Å². The second kappa shape index (κ2) is 7.86. The van der Waals surface area contributed by atoms with Crippen LogP contribution in [0, 0.1) is 0 Å². The van der Waals surface area contributed by atoms with Gasteiger partial charge in [0.25, 0.3) is 0 Å². The van der Waals surface area contributed by atoms with Crippen LogP contribution < -0.4 is 14.2 Å². The van der Waals surface area contributed by atoms with Crippen molar-refractivity contribution in [3.63, 3.8) is 0 Å². The van der Waals surface area contributed by atoms with E-state index in [2.05, 4.69) is 72.8 Å². The Kier molecular flexibility index (Phi) is 4.69. The van der Waals surface area contributed by atoms with Gasteiger partial charge < -0.3 is 14.2 Å². The highest BCUT2D eigenvalue weighted by atomic mass is 16.5. The molecule has 0 saturated carbocycles. The van der Waals surface area contributed by atoms with Gasteiger partial charge in [-0.25, -0.2) is 0 Å². The second-order valence-corrected chi connectivity index (χ2v) is 8.40. The van der Waals surface area contributed by atoms with E-state index >= 15 is 0 Å². The van der Waals surface area contributed by atoms with Gasteiger partial charge in [-0.1, -0.05) is 72.8 Å². The fourth-order valence-electron chi connectivity index (χ4n) is 5.13. The zero-order valence-electron chi connectivity index (χ0n) is 18.6. The molecule has 162 valence electrons. The van der Waals surface area contributed by atoms with E-state index in [1.54, 1.807) is 14.2 Å². The minimum atomic E-state index is -0.145. The quantitative estimate of drug-likeness (QED) is 0.279. The van der Waals surface area contributed by atoms with Crippen molar-refractivity contribution in [1.29, 1.82) is 0 Å². The summed E-state index contributed by atoms with van der Waals surface area (Å²) in [7, 11) is 3.39. The van der Waals surface area contributed by atoms with E-state index in [4.69, 9.17) is 14.2 Å². The van der Waals surface area contributed by atoms with E-state index in [1.807, 2.05) is 24.3 Å². The molecule has 2 unspecified atom stereocenters. The lowest BCUT2D eigenvalue weighted by atomic mass is 9.82. The molecule has 1 aliphatic rings. The number of benzene rings is 5. The van der Waals surface area contributed by atoms with Gasteiger partial charge in [0.15, 0.2) is 0 Å². The Morgan fingerprint density at radius 2 is 1.03 bits per heavy atom. The molecule has 33 heavy (non-hydrogen) atoms. The molecule has 0 saturated heterocycles. The molecule has 0 bridgehead atoms. The third kappa shape index (κ3) is 3.12. The first-order chi connectivity index (χ1) is 16.3. The zero-order chi connectivity index (χ0) is 22.4. The van der Waals surface area contributed by atoms with E-state index in [0.29, 0.717) is 0 Å². The third-order valence-electron chi connectivity index (χ3n) is 6.70. The maximum Gasteiger partial charge on any atom is 0.135 e. The topological polar surface area (TPSA) is 27.7 Å². The van der Waals surface area contributed by atoms with Gasteiger partial charge in [-0.15, -0.1) is 0 Å². The van der Waals surface area contributed by atoms with E-state index in [1.165, 1.54) is 27.3 Å². The summed E-state index contributed by atoms with van der Waals surface area (Å²) in [5.41, 5.74) is 3.58. The minimum absolute atomic E-state index is 0.0498. The molecule has 3 heteroatoms. The Morgan fingerprint density at radius 3 is 1.61 bits per heavy atom. The van der Waals surface area contributed by atoms with Crippen molar-refractivity contribution < 1.29 is 14.2 Å². The molecule has 0 aliphatic carbocycles. The van der Waals surface area contributed by atoms with Gasteiger partial charge >= 0.3 is 0 Å². The molecular formula is C30H24O3. The van der Waals surface area contributed by atoms with Crippen LogP contribution in [-0.2, 0) is 0 Å². The smallest absolute Gasteiger partial charge is 0.135 e. The molecule has 1 heterocycles. The van der Waals surface area contributed by atoms with E-state index in [9.17, 15) is 0 Å². The maximum absolute atomic E-state index is 6.84. The molecule has 5 aromatic carbocycles. The van der Waals surface area contributed by atoms with Crippen molar-refractivity contribution >= 4 is 21.5 Å². The van der Waals surface area contributed by atoms with Gasteiger partial charge in [0.1, 0.15) is 23.4 Å². The molecule has 5 aromatic rings. The molecule has 0 fully saturated rings. The molecule has 0 N–H and O–H groups in total. The molecule has 6 rings (SSSR count). The van der Waals surface area contributed by atoms with Crippen LogP contribution in [0.4, 0.5) is 0 Å². The molecule has 2 atom stereocenters. The Labute approximate surface area is 193 Å². The van der Waals surface area contributed by atoms with Crippen molar-refractivity contribution in [3.05, 3.63) is 114 Å². The van der Waals surface area contributed by atoms with Crippen molar-refractivity contribution in [2.75, 3.05) is 14.2 Å². The van der Waals surface area contributed by atoms with E-state index in [0.717, 1.165) is 28.2 Å². The van der Waals surface area contributed by atoms with Crippen molar-refractivity contribution in [2.24, 2.45) is 0 Å². The summed E-state index contributed by atoms with van der Waals surface area (Å²) in [4.78, 5) is 0. The highest BCUT2D eigenvalue weighted by molar-refractivity contribution is 6.13. The van der Waals surface area contributed by atoms with Crippen molar-refractivity contribution in [3.8, 4) is 17.2 Å². The van der Waals surface area contributed by atoms with Crippen LogP contribution in [0.15, 0.2) is 97.1 Å². The fourth-order valence-corrected chi connectivity index (χ4v) is 5.13. The van der Waals surface area contributed by atoms with Gasteiger partial charge in [-0.3, -0.25) is 0 Å². The SMILES string of the molecule is COc1ccc(C2Oc3c(c4ccccc4c4ccccc34)C2c2ccc(OC)cc2)cc1. The summed E-state index contributed by atoms with van der Waals surface area (Å²) < 4.78 is 17.7. The number of fused-ring (bicyclic) bond motifs is 6. The molecule has 0 amide bonds. The summed E-state index contributed by atoms with van der Waals surface area (Å²) in [5.74, 6) is 2.72. The number of hydrogen-bond donors (Lipinski definition) is 0. The van der Waals surface area contributed by atoms with Crippen LogP contribution in [0.25, 0.3) is 21.5 Å². The summed E-state index contributed by atoms with van der Waals surface area (Å²) in [5, 5.41) is 4.86. The van der Waals surface area contributed by atoms with Gasteiger partial charge in [0.2, 0.25) is 0 Å². The first kappa shape index (κ1) is 19.7. The molecule has 0 spiro atoms. The van der Waals surface area contributed by atoms with Crippen LogP contribution in [0.3, 0.4) is 0 Å². The molecule has 0 aromatic heterocycles. The van der Waals surface area contributed by atoms with Crippen molar-refractivity contribution in [2.45, 2.75) is 12.0 Å². The standard InChI is InChI=1S/C30H24O3/c1-31-21-15-11-19(12-16-21)27-28-25-9-5-3-7-23(25)24-8-4-6-10-26(24)30(28)33-29(27)20-13-17-22(32-2)18-14-20/h3-18,27,29H,1-2H3. The summed E-state index contributed by atoms with van der Waals surface area (Å²) in [6.45, 7) is 0. The lowest BCUT2D eigenvalue weighted by Gasteiger charge is -2.21. The average molecular weight is 433 g/mol. The van der Waals surface area contributed by atoms with Crippen molar-refractivity contribution in [1.82, 2.24) is 0 Å². The first-order valence-corrected chi connectivity index (χ1v) is 11.2. The highest BCUT2D eigenvalue weighted by Crippen LogP contribution is 2.55. The first-order valence-electron chi connectivity index (χ1n) is 11.2. The van der Waals surface area contributed by atoms with Crippen LogP contribution in [0.2, 0.25) is 0 Å². The Hall–Kier alpha value is -3.98. The van der Waals surface area contributed by atoms with Crippen LogP contribution in [0.1, 0.15) is 28.7 Å². The second-order valence-electron chi connectivity index (χ2n) is 8.40. The lowest BCUT2D eigenvalue weighted by Crippen LogP contribution is -2.11. The molecule has 1 aliphatic heterocycles.